The maximum Gasteiger partial charge on any atom is 0.404 e. The number of carbonyl (C=O) groups excluding carboxylic acids is 1. The van der Waals surface area contributed by atoms with Gasteiger partial charge in [0.25, 0.3) is 0 Å². The fourth-order valence-corrected chi connectivity index (χ4v) is 3.09. The van der Waals surface area contributed by atoms with Gasteiger partial charge in [0.1, 0.15) is 21.9 Å². The van der Waals surface area contributed by atoms with E-state index in [-0.39, 0.29) is 18.3 Å². The molecule has 1 fully saturated rings. The summed E-state index contributed by atoms with van der Waals surface area (Å²) < 4.78 is 34.2. The van der Waals surface area contributed by atoms with Crippen LogP contribution in [0.2, 0.25) is 0 Å². The topological polar surface area (TPSA) is 91.0 Å². The Labute approximate surface area is 150 Å². The fourth-order valence-electron chi connectivity index (χ4n) is 2.57. The van der Waals surface area contributed by atoms with Gasteiger partial charge in [-0.1, -0.05) is 4.40 Å². The SMILES string of the molecule is CC(C)(C)[S+]([O-])/N=C/c1cc(F)ccc1N1CC[C@H](COC(N)=O)C1. The molecular weight excluding hydrogens is 345 g/mol. The summed E-state index contributed by atoms with van der Waals surface area (Å²) in [6.45, 7) is 7.18. The van der Waals surface area contributed by atoms with Crippen molar-refractivity contribution in [1.29, 1.82) is 0 Å². The summed E-state index contributed by atoms with van der Waals surface area (Å²) >= 11 is -1.41. The standard InChI is InChI=1S/C17H24FN3O3S/c1-17(2,3)25(23)20-9-13-8-14(18)4-5-15(13)21-7-6-12(10-21)11-24-16(19)22/h4-5,8-9,12H,6-7,10-11H2,1-3H3,(H2,19,22)/b20-9+/t12-,25?/m0/s1. The molecular formula is C17H24FN3O3S. The molecule has 2 atom stereocenters. The number of primary amides is 1. The minimum absolute atomic E-state index is 0.172. The number of anilines is 1. The first-order valence-electron chi connectivity index (χ1n) is 8.09. The minimum Gasteiger partial charge on any atom is -0.591 e. The largest absolute Gasteiger partial charge is 0.591 e. The second-order valence-electron chi connectivity index (χ2n) is 7.03. The van der Waals surface area contributed by atoms with Crippen LogP contribution < -0.4 is 10.6 Å². The molecule has 1 aliphatic heterocycles. The van der Waals surface area contributed by atoms with E-state index < -0.39 is 22.2 Å². The number of nitrogens with two attached hydrogens (primary N) is 1. The number of halogens is 1. The average Bonchev–Trinajstić information content (AvgIpc) is 2.98. The maximum absolute atomic E-state index is 13.7. The third kappa shape index (κ3) is 5.61. The molecule has 2 rings (SSSR count). The highest BCUT2D eigenvalue weighted by atomic mass is 32.2. The van der Waals surface area contributed by atoms with E-state index in [0.29, 0.717) is 12.1 Å². The number of nitrogens with zero attached hydrogens (tertiary/aromatic N) is 2. The van der Waals surface area contributed by atoms with E-state index in [2.05, 4.69) is 9.30 Å². The molecule has 1 unspecified atom stereocenters. The molecule has 0 aliphatic carbocycles. The summed E-state index contributed by atoms with van der Waals surface area (Å²) in [5.74, 6) is -0.203. The van der Waals surface area contributed by atoms with E-state index >= 15 is 0 Å². The summed E-state index contributed by atoms with van der Waals surface area (Å²) in [6.07, 6.45) is 1.53. The van der Waals surface area contributed by atoms with Gasteiger partial charge >= 0.3 is 6.09 Å². The average molecular weight is 369 g/mol. The van der Waals surface area contributed by atoms with Crippen LogP contribution >= 0.6 is 0 Å². The highest BCUT2D eigenvalue weighted by molar-refractivity contribution is 7.91. The van der Waals surface area contributed by atoms with Gasteiger partial charge in [-0.3, -0.25) is 0 Å². The normalized spacial score (nSPS) is 19.4. The van der Waals surface area contributed by atoms with Crippen molar-refractivity contribution in [1.82, 2.24) is 0 Å². The maximum atomic E-state index is 13.7. The lowest BCUT2D eigenvalue weighted by Gasteiger charge is -2.21. The van der Waals surface area contributed by atoms with Crippen LogP contribution in [-0.2, 0) is 16.1 Å². The first-order chi connectivity index (χ1) is 11.7. The molecule has 1 amide bonds. The van der Waals surface area contributed by atoms with Gasteiger partial charge in [0.15, 0.2) is 0 Å². The number of ether oxygens (including phenoxy) is 1. The van der Waals surface area contributed by atoms with E-state index in [1.807, 2.05) is 20.8 Å². The van der Waals surface area contributed by atoms with E-state index in [1.54, 1.807) is 6.07 Å². The van der Waals surface area contributed by atoms with Gasteiger partial charge in [-0.25, -0.2) is 9.18 Å². The molecule has 1 aromatic rings. The molecule has 8 heteroatoms. The predicted molar refractivity (Wildman–Crippen MR) is 97.7 cm³/mol. The molecule has 0 spiro atoms. The Kier molecular flexibility index (Phi) is 6.29. The first kappa shape index (κ1) is 19.5. The first-order valence-corrected chi connectivity index (χ1v) is 9.20. The second-order valence-corrected chi connectivity index (χ2v) is 8.96. The van der Waals surface area contributed by atoms with Gasteiger partial charge in [0.05, 0.1) is 12.8 Å². The van der Waals surface area contributed by atoms with Crippen molar-refractivity contribution in [2.75, 3.05) is 24.6 Å². The molecule has 138 valence electrons. The van der Waals surface area contributed by atoms with Crippen molar-refractivity contribution in [3.05, 3.63) is 29.6 Å². The quantitative estimate of drug-likeness (QED) is 0.638. The van der Waals surface area contributed by atoms with Crippen molar-refractivity contribution in [2.24, 2.45) is 16.0 Å². The zero-order valence-corrected chi connectivity index (χ0v) is 15.5. The number of hydrogen-bond acceptors (Lipinski definition) is 5. The molecule has 1 saturated heterocycles. The smallest absolute Gasteiger partial charge is 0.404 e. The number of hydrogen-bond donors (Lipinski definition) is 1. The molecule has 2 N–H and O–H groups in total. The molecule has 0 saturated carbocycles. The van der Waals surface area contributed by atoms with Crippen molar-refractivity contribution >= 4 is 29.4 Å². The van der Waals surface area contributed by atoms with Crippen molar-refractivity contribution < 1.29 is 18.5 Å². The zero-order chi connectivity index (χ0) is 18.6. The van der Waals surface area contributed by atoms with E-state index in [1.165, 1.54) is 18.3 Å². The Bertz CT molecular complexity index is 649. The zero-order valence-electron chi connectivity index (χ0n) is 14.7. The third-order valence-corrected chi connectivity index (χ3v) is 5.23. The van der Waals surface area contributed by atoms with Crippen LogP contribution in [0.25, 0.3) is 0 Å². The summed E-state index contributed by atoms with van der Waals surface area (Å²) in [6, 6.07) is 4.46. The van der Waals surface area contributed by atoms with Gasteiger partial charge in [0.2, 0.25) is 0 Å². The molecule has 1 heterocycles. The van der Waals surface area contributed by atoms with Gasteiger partial charge < -0.3 is 19.9 Å². The number of benzene rings is 1. The lowest BCUT2D eigenvalue weighted by Crippen LogP contribution is -2.26. The highest BCUT2D eigenvalue weighted by Crippen LogP contribution is 2.28. The number of rotatable bonds is 5. The molecule has 6 nitrogen and oxygen atoms in total. The van der Waals surface area contributed by atoms with Crippen LogP contribution in [0.4, 0.5) is 14.9 Å². The Balaban J connectivity index is 2.14. The minimum atomic E-state index is -1.41. The molecule has 1 aliphatic rings. The van der Waals surface area contributed by atoms with Crippen LogP contribution in [0.5, 0.6) is 0 Å². The highest BCUT2D eigenvalue weighted by Gasteiger charge is 2.27. The molecule has 0 bridgehead atoms. The van der Waals surface area contributed by atoms with Gasteiger partial charge in [-0.05, 0) is 45.4 Å². The number of amides is 1. The van der Waals surface area contributed by atoms with Crippen LogP contribution in [0.3, 0.4) is 0 Å². The summed E-state index contributed by atoms with van der Waals surface area (Å²) in [5.41, 5.74) is 6.39. The van der Waals surface area contributed by atoms with Gasteiger partial charge in [0, 0.05) is 30.3 Å². The summed E-state index contributed by atoms with van der Waals surface area (Å²) in [5, 5.41) is 0. The van der Waals surface area contributed by atoms with Crippen molar-refractivity contribution in [3.63, 3.8) is 0 Å². The van der Waals surface area contributed by atoms with Crippen LogP contribution in [0, 0.1) is 11.7 Å². The molecule has 0 radical (unpaired) electrons. The van der Waals surface area contributed by atoms with E-state index in [9.17, 15) is 13.7 Å². The predicted octanol–water partition coefficient (Wildman–Crippen LogP) is 2.63. The van der Waals surface area contributed by atoms with Gasteiger partial charge in [-0.2, -0.15) is 0 Å². The molecule has 25 heavy (non-hydrogen) atoms. The van der Waals surface area contributed by atoms with Crippen LogP contribution in [0.1, 0.15) is 32.8 Å². The van der Waals surface area contributed by atoms with E-state index in [0.717, 1.165) is 18.7 Å². The monoisotopic (exact) mass is 369 g/mol. The lowest BCUT2D eigenvalue weighted by molar-refractivity contribution is 0.140. The Morgan fingerprint density at radius 3 is 2.92 bits per heavy atom. The number of carbonyl (C=O) groups is 1. The Morgan fingerprint density at radius 1 is 1.56 bits per heavy atom. The van der Waals surface area contributed by atoms with E-state index in [4.69, 9.17) is 10.5 Å². The summed E-state index contributed by atoms with van der Waals surface area (Å²) in [4.78, 5) is 12.8. The van der Waals surface area contributed by atoms with Gasteiger partial charge in [-0.15, -0.1) is 0 Å². The van der Waals surface area contributed by atoms with Crippen LogP contribution in [-0.4, -0.2) is 41.3 Å². The molecule has 1 aromatic carbocycles. The third-order valence-electron chi connectivity index (χ3n) is 3.89. The lowest BCUT2D eigenvalue weighted by atomic mass is 10.1. The Hall–Kier alpha value is -1.80. The Morgan fingerprint density at radius 2 is 2.28 bits per heavy atom. The summed E-state index contributed by atoms with van der Waals surface area (Å²) in [7, 11) is 0. The van der Waals surface area contributed by atoms with Crippen molar-refractivity contribution in [2.45, 2.75) is 31.9 Å². The van der Waals surface area contributed by atoms with Crippen molar-refractivity contribution in [3.8, 4) is 0 Å². The fraction of sp³-hybridized carbons (Fsp3) is 0.529. The second kappa shape index (κ2) is 8.05. The molecule has 0 aromatic heterocycles. The van der Waals surface area contributed by atoms with Crippen LogP contribution in [0.15, 0.2) is 22.6 Å².